The lowest BCUT2D eigenvalue weighted by atomic mass is 10.1. The molecule has 0 saturated carbocycles. The zero-order chi connectivity index (χ0) is 10.3. The lowest BCUT2D eigenvalue weighted by Crippen LogP contribution is -1.83. The molecule has 0 aromatic heterocycles. The molecular weight excluding hydrogens is 207 g/mol. The number of hydrogen-bond acceptors (Lipinski definition) is 1. The van der Waals surface area contributed by atoms with Gasteiger partial charge in [-0.15, -0.1) is 6.58 Å². The van der Waals surface area contributed by atoms with Crippen LogP contribution in [0.1, 0.15) is 6.92 Å². The fraction of sp³-hybridized carbons (Fsp3) is 0.400. The Morgan fingerprint density at radius 1 is 1.69 bits per heavy atom. The van der Waals surface area contributed by atoms with Crippen LogP contribution >= 0.6 is 23.4 Å². The summed E-state index contributed by atoms with van der Waals surface area (Å²) in [6.07, 6.45) is 7.00. The smallest absolute Gasteiger partial charge is 0.128 e. The van der Waals surface area contributed by atoms with E-state index in [4.69, 9.17) is 11.6 Å². The summed E-state index contributed by atoms with van der Waals surface area (Å²) in [6, 6.07) is 0. The average molecular weight is 221 g/mol. The van der Waals surface area contributed by atoms with Crippen LogP contribution in [0.3, 0.4) is 0 Å². The summed E-state index contributed by atoms with van der Waals surface area (Å²) < 4.78 is 13.0. The number of hydrogen-bond donors (Lipinski definition) is 0. The van der Waals surface area contributed by atoms with Crippen LogP contribution in [0.15, 0.2) is 35.7 Å². The van der Waals surface area contributed by atoms with Crippen LogP contribution < -0.4 is 0 Å². The van der Waals surface area contributed by atoms with Gasteiger partial charge in [0.05, 0.1) is 5.03 Å². The highest BCUT2D eigenvalue weighted by atomic mass is 35.5. The summed E-state index contributed by atoms with van der Waals surface area (Å²) in [5.41, 5.74) is 0. The maximum Gasteiger partial charge on any atom is 0.128 e. The average Bonchev–Trinajstić information content (AvgIpc) is 2.13. The number of rotatable bonds is 5. The highest BCUT2D eigenvalue weighted by Crippen LogP contribution is 2.17. The molecule has 0 amide bonds. The topological polar surface area (TPSA) is 0 Å². The van der Waals surface area contributed by atoms with Gasteiger partial charge in [-0.3, -0.25) is 0 Å². The van der Waals surface area contributed by atoms with Crippen molar-refractivity contribution < 1.29 is 4.39 Å². The SMILES string of the molecule is C=CC(C)C=C/C(Cl)=C(/F)CSC. The van der Waals surface area contributed by atoms with E-state index in [1.165, 1.54) is 11.8 Å². The van der Waals surface area contributed by atoms with Crippen molar-refractivity contribution in [2.45, 2.75) is 6.92 Å². The molecule has 0 fully saturated rings. The molecule has 1 atom stereocenters. The van der Waals surface area contributed by atoms with Crippen molar-refractivity contribution in [3.05, 3.63) is 35.7 Å². The Bertz CT molecular complexity index is 221. The maximum atomic E-state index is 13.0. The molecule has 0 heterocycles. The van der Waals surface area contributed by atoms with Crippen LogP contribution in [-0.2, 0) is 0 Å². The summed E-state index contributed by atoms with van der Waals surface area (Å²) in [5.74, 6) is 0.267. The van der Waals surface area contributed by atoms with Gasteiger partial charge >= 0.3 is 0 Å². The normalized spacial score (nSPS) is 15.7. The van der Waals surface area contributed by atoms with Crippen molar-refractivity contribution in [2.75, 3.05) is 12.0 Å². The van der Waals surface area contributed by atoms with E-state index in [1.54, 1.807) is 12.2 Å². The molecule has 74 valence electrons. The molecule has 0 aliphatic rings. The quantitative estimate of drug-likeness (QED) is 0.496. The van der Waals surface area contributed by atoms with E-state index >= 15 is 0 Å². The minimum Gasteiger partial charge on any atom is -0.209 e. The summed E-state index contributed by atoms with van der Waals surface area (Å²) in [7, 11) is 0. The molecular formula is C10H14ClFS. The zero-order valence-electron chi connectivity index (χ0n) is 7.89. The number of halogens is 2. The fourth-order valence-corrected chi connectivity index (χ4v) is 1.23. The van der Waals surface area contributed by atoms with E-state index in [2.05, 4.69) is 6.58 Å². The van der Waals surface area contributed by atoms with Gasteiger partial charge in [0.25, 0.3) is 0 Å². The third-order valence-electron chi connectivity index (χ3n) is 1.45. The van der Waals surface area contributed by atoms with Crippen LogP contribution in [-0.4, -0.2) is 12.0 Å². The largest absolute Gasteiger partial charge is 0.209 e. The van der Waals surface area contributed by atoms with E-state index < -0.39 is 0 Å². The Hall–Kier alpha value is -0.210. The summed E-state index contributed by atoms with van der Waals surface area (Å²) in [6.45, 7) is 5.57. The zero-order valence-corrected chi connectivity index (χ0v) is 9.46. The first-order valence-corrected chi connectivity index (χ1v) is 5.72. The van der Waals surface area contributed by atoms with Gasteiger partial charge in [-0.05, 0) is 18.2 Å². The minimum absolute atomic E-state index is 0.183. The molecule has 0 bridgehead atoms. The van der Waals surface area contributed by atoms with E-state index in [-0.39, 0.29) is 16.8 Å². The highest BCUT2D eigenvalue weighted by Gasteiger charge is 1.99. The third kappa shape index (κ3) is 5.94. The van der Waals surface area contributed by atoms with E-state index in [0.717, 1.165) is 0 Å². The van der Waals surface area contributed by atoms with E-state index in [9.17, 15) is 4.39 Å². The number of allylic oxidation sites excluding steroid dienone is 4. The van der Waals surface area contributed by atoms with Crippen molar-refractivity contribution in [1.29, 1.82) is 0 Å². The molecule has 0 aliphatic heterocycles. The van der Waals surface area contributed by atoms with Gasteiger partial charge in [0, 0.05) is 5.75 Å². The predicted octanol–water partition coefficient (Wildman–Crippen LogP) is 4.15. The van der Waals surface area contributed by atoms with Crippen molar-refractivity contribution in [3.63, 3.8) is 0 Å². The van der Waals surface area contributed by atoms with Crippen LogP contribution in [0, 0.1) is 5.92 Å². The fourth-order valence-electron chi connectivity index (χ4n) is 0.601. The molecule has 0 aromatic carbocycles. The molecule has 0 rings (SSSR count). The number of thioether (sulfide) groups is 1. The molecule has 0 saturated heterocycles. The van der Waals surface area contributed by atoms with Gasteiger partial charge < -0.3 is 0 Å². The van der Waals surface area contributed by atoms with Gasteiger partial charge in [-0.25, -0.2) is 4.39 Å². The molecule has 13 heavy (non-hydrogen) atoms. The van der Waals surface area contributed by atoms with Gasteiger partial charge in [0.2, 0.25) is 0 Å². The van der Waals surface area contributed by atoms with Crippen LogP contribution in [0.4, 0.5) is 4.39 Å². The van der Waals surface area contributed by atoms with Gasteiger partial charge in [-0.2, -0.15) is 11.8 Å². The molecule has 0 aliphatic carbocycles. The Balaban J connectivity index is 4.25. The second-order valence-electron chi connectivity index (χ2n) is 2.64. The molecule has 0 aromatic rings. The summed E-state index contributed by atoms with van der Waals surface area (Å²) >= 11 is 7.09. The lowest BCUT2D eigenvalue weighted by molar-refractivity contribution is 0.642. The van der Waals surface area contributed by atoms with Gasteiger partial charge in [-0.1, -0.05) is 30.7 Å². The highest BCUT2D eigenvalue weighted by molar-refractivity contribution is 7.98. The Kier molecular flexibility index (Phi) is 7.10. The second-order valence-corrected chi connectivity index (χ2v) is 3.91. The van der Waals surface area contributed by atoms with Crippen LogP contribution in [0.5, 0.6) is 0 Å². The van der Waals surface area contributed by atoms with E-state index in [1.807, 2.05) is 19.3 Å². The van der Waals surface area contributed by atoms with Crippen molar-refractivity contribution in [1.82, 2.24) is 0 Å². The standard InChI is InChI=1S/C10H14ClFS/c1-4-8(2)5-6-9(11)10(12)7-13-3/h4-6,8H,1,7H2,2-3H3/b6-5?,10-9-. The molecule has 1 unspecified atom stereocenters. The summed E-state index contributed by atoms with van der Waals surface area (Å²) in [5, 5.41) is 0.183. The first-order valence-electron chi connectivity index (χ1n) is 3.95. The molecule has 0 radical (unpaired) electrons. The maximum absolute atomic E-state index is 13.0. The lowest BCUT2D eigenvalue weighted by Gasteiger charge is -1.97. The minimum atomic E-state index is -0.276. The molecule has 0 spiro atoms. The Labute approximate surface area is 88.5 Å². The Morgan fingerprint density at radius 2 is 2.31 bits per heavy atom. The van der Waals surface area contributed by atoms with Gasteiger partial charge in [0.1, 0.15) is 5.83 Å². The predicted molar refractivity (Wildman–Crippen MR) is 60.9 cm³/mol. The first kappa shape index (κ1) is 12.8. The van der Waals surface area contributed by atoms with Crippen LogP contribution in [0.25, 0.3) is 0 Å². The molecule has 3 heteroatoms. The van der Waals surface area contributed by atoms with Crippen molar-refractivity contribution in [2.24, 2.45) is 5.92 Å². The first-order chi connectivity index (χ1) is 6.11. The Morgan fingerprint density at radius 3 is 2.77 bits per heavy atom. The second kappa shape index (κ2) is 7.22. The third-order valence-corrected chi connectivity index (χ3v) is 2.32. The van der Waals surface area contributed by atoms with Crippen molar-refractivity contribution >= 4 is 23.4 Å². The molecule has 0 nitrogen and oxygen atoms in total. The van der Waals surface area contributed by atoms with Crippen molar-refractivity contribution in [3.8, 4) is 0 Å². The summed E-state index contributed by atoms with van der Waals surface area (Å²) in [4.78, 5) is 0. The monoisotopic (exact) mass is 220 g/mol. The van der Waals surface area contributed by atoms with Crippen LogP contribution in [0.2, 0.25) is 0 Å². The van der Waals surface area contributed by atoms with Gasteiger partial charge in [0.15, 0.2) is 0 Å². The molecule has 0 N–H and O–H groups in total. The van der Waals surface area contributed by atoms with E-state index in [0.29, 0.717) is 5.75 Å².